The quantitative estimate of drug-likeness (QED) is 0.863. The van der Waals surface area contributed by atoms with Crippen LogP contribution in [0.2, 0.25) is 0 Å². The normalized spacial score (nSPS) is 25.2. The lowest BCUT2D eigenvalue weighted by molar-refractivity contribution is -0.137. The summed E-state index contributed by atoms with van der Waals surface area (Å²) in [6, 6.07) is 5.69. The predicted molar refractivity (Wildman–Crippen MR) is 72.7 cm³/mol. The van der Waals surface area contributed by atoms with Crippen LogP contribution in [0.4, 0.5) is 18.9 Å². The summed E-state index contributed by atoms with van der Waals surface area (Å²) in [5, 5.41) is 6.96. The van der Waals surface area contributed by atoms with Crippen molar-refractivity contribution in [1.29, 1.82) is 0 Å². The number of benzene rings is 1. The van der Waals surface area contributed by atoms with Gasteiger partial charge < -0.3 is 10.6 Å². The van der Waals surface area contributed by atoms with Crippen molar-refractivity contribution < 1.29 is 13.2 Å². The van der Waals surface area contributed by atoms with Crippen molar-refractivity contribution in [3.8, 4) is 0 Å². The van der Waals surface area contributed by atoms with Gasteiger partial charge in [-0.2, -0.15) is 13.2 Å². The zero-order chi connectivity index (χ0) is 14.2. The summed E-state index contributed by atoms with van der Waals surface area (Å²) in [6.45, 7) is 0.984. The maximum absolute atomic E-state index is 12.5. The van der Waals surface area contributed by atoms with Crippen molar-refractivity contribution in [2.45, 2.75) is 49.9 Å². The van der Waals surface area contributed by atoms with E-state index in [0.717, 1.165) is 37.2 Å². The number of anilines is 1. The second-order valence-corrected chi connectivity index (χ2v) is 5.97. The lowest BCUT2D eigenvalue weighted by Gasteiger charge is -2.48. The molecule has 1 unspecified atom stereocenters. The highest BCUT2D eigenvalue weighted by molar-refractivity contribution is 5.46. The van der Waals surface area contributed by atoms with Crippen molar-refractivity contribution in [2.24, 2.45) is 0 Å². The maximum Gasteiger partial charge on any atom is 0.416 e. The summed E-state index contributed by atoms with van der Waals surface area (Å²) in [5.41, 5.74) is 0.477. The van der Waals surface area contributed by atoms with Gasteiger partial charge in [0.1, 0.15) is 0 Å². The molecule has 20 heavy (non-hydrogen) atoms. The third kappa shape index (κ3) is 2.77. The van der Waals surface area contributed by atoms with Crippen LogP contribution in [0, 0.1) is 0 Å². The van der Waals surface area contributed by atoms with E-state index in [-0.39, 0.29) is 0 Å². The predicted octanol–water partition coefficient (Wildman–Crippen LogP) is 3.79. The van der Waals surface area contributed by atoms with E-state index in [1.165, 1.54) is 31.4 Å². The van der Waals surface area contributed by atoms with E-state index in [9.17, 15) is 13.2 Å². The highest BCUT2D eigenvalue weighted by Crippen LogP contribution is 2.39. The van der Waals surface area contributed by atoms with Gasteiger partial charge in [0.2, 0.25) is 0 Å². The molecule has 1 heterocycles. The molecule has 5 heteroatoms. The first-order valence-corrected chi connectivity index (χ1v) is 7.16. The lowest BCUT2D eigenvalue weighted by atomic mass is 9.70. The second kappa shape index (κ2) is 4.95. The molecule has 1 saturated heterocycles. The third-order valence-corrected chi connectivity index (χ3v) is 4.52. The average Bonchev–Trinajstić information content (AvgIpc) is 2.37. The molecular weight excluding hydrogens is 265 g/mol. The van der Waals surface area contributed by atoms with Crippen LogP contribution in [0.25, 0.3) is 0 Å². The minimum absolute atomic E-state index is 0.293. The average molecular weight is 284 g/mol. The maximum atomic E-state index is 12.5. The van der Waals surface area contributed by atoms with Gasteiger partial charge in [-0.15, -0.1) is 0 Å². The summed E-state index contributed by atoms with van der Waals surface area (Å²) >= 11 is 0. The van der Waals surface area contributed by atoms with Crippen LogP contribution >= 0.6 is 0 Å². The molecule has 2 N–H and O–H groups in total. The number of nitrogens with one attached hydrogen (secondary N) is 2. The van der Waals surface area contributed by atoms with Crippen LogP contribution in [-0.4, -0.2) is 18.1 Å². The standard InChI is InChI=1S/C15H19F3N2/c16-15(17,18)11-2-4-12(5-3-11)20-13-6-9-19-14(10-13)7-1-8-14/h2-5,13,19-20H,1,6-10H2. The van der Waals surface area contributed by atoms with Gasteiger partial charge in [0.25, 0.3) is 0 Å². The molecule has 0 amide bonds. The van der Waals surface area contributed by atoms with Gasteiger partial charge in [-0.05, 0) is 62.9 Å². The third-order valence-electron chi connectivity index (χ3n) is 4.52. The molecule has 2 fully saturated rings. The molecule has 0 aromatic heterocycles. The molecule has 1 aliphatic carbocycles. The number of halogens is 3. The Balaban J connectivity index is 1.63. The van der Waals surface area contributed by atoms with Gasteiger partial charge in [-0.1, -0.05) is 0 Å². The molecule has 3 rings (SSSR count). The first kappa shape index (κ1) is 13.7. The Bertz CT molecular complexity index is 463. The van der Waals surface area contributed by atoms with Gasteiger partial charge in [-0.3, -0.25) is 0 Å². The number of piperidine rings is 1. The first-order chi connectivity index (χ1) is 9.47. The van der Waals surface area contributed by atoms with Crippen molar-refractivity contribution in [2.75, 3.05) is 11.9 Å². The topological polar surface area (TPSA) is 24.1 Å². The van der Waals surface area contributed by atoms with Crippen molar-refractivity contribution in [1.82, 2.24) is 5.32 Å². The Kier molecular flexibility index (Phi) is 3.40. The van der Waals surface area contributed by atoms with E-state index >= 15 is 0 Å². The number of hydrogen-bond acceptors (Lipinski definition) is 2. The van der Waals surface area contributed by atoms with Crippen LogP contribution < -0.4 is 10.6 Å². The fourth-order valence-electron chi connectivity index (χ4n) is 3.26. The van der Waals surface area contributed by atoms with E-state index in [0.29, 0.717) is 11.6 Å². The number of hydrogen-bond donors (Lipinski definition) is 2. The highest BCUT2D eigenvalue weighted by atomic mass is 19.4. The van der Waals surface area contributed by atoms with Gasteiger partial charge in [0.15, 0.2) is 0 Å². The van der Waals surface area contributed by atoms with Crippen LogP contribution in [0.1, 0.15) is 37.7 Å². The van der Waals surface area contributed by atoms with Crippen molar-refractivity contribution in [3.63, 3.8) is 0 Å². The molecule has 1 saturated carbocycles. The minimum Gasteiger partial charge on any atom is -0.382 e. The molecule has 1 spiro atoms. The van der Waals surface area contributed by atoms with E-state index in [2.05, 4.69) is 10.6 Å². The fraction of sp³-hybridized carbons (Fsp3) is 0.600. The zero-order valence-corrected chi connectivity index (χ0v) is 11.3. The molecular formula is C15H19F3N2. The van der Waals surface area contributed by atoms with Crippen LogP contribution in [0.3, 0.4) is 0 Å². The summed E-state index contributed by atoms with van der Waals surface area (Å²) in [5.74, 6) is 0. The molecule has 1 aromatic carbocycles. The molecule has 1 atom stereocenters. The molecule has 2 nitrogen and oxygen atoms in total. The van der Waals surface area contributed by atoms with E-state index in [4.69, 9.17) is 0 Å². The highest BCUT2D eigenvalue weighted by Gasteiger charge is 2.40. The Hall–Kier alpha value is -1.23. The fourth-order valence-corrected chi connectivity index (χ4v) is 3.26. The SMILES string of the molecule is FC(F)(F)c1ccc(NC2CCNC3(CCC3)C2)cc1. The molecule has 0 radical (unpaired) electrons. The summed E-state index contributed by atoms with van der Waals surface area (Å²) in [6.07, 6.45) is 1.54. The number of alkyl halides is 3. The first-order valence-electron chi connectivity index (χ1n) is 7.16. The van der Waals surface area contributed by atoms with Gasteiger partial charge in [-0.25, -0.2) is 0 Å². The van der Waals surface area contributed by atoms with Crippen molar-refractivity contribution >= 4 is 5.69 Å². The van der Waals surface area contributed by atoms with Gasteiger partial charge >= 0.3 is 6.18 Å². The Morgan fingerprint density at radius 3 is 2.40 bits per heavy atom. The Morgan fingerprint density at radius 2 is 1.85 bits per heavy atom. The molecule has 1 aliphatic heterocycles. The van der Waals surface area contributed by atoms with Crippen LogP contribution in [0.15, 0.2) is 24.3 Å². The van der Waals surface area contributed by atoms with Gasteiger partial charge in [0, 0.05) is 17.3 Å². The van der Waals surface area contributed by atoms with Crippen molar-refractivity contribution in [3.05, 3.63) is 29.8 Å². The summed E-state index contributed by atoms with van der Waals surface area (Å²) < 4.78 is 37.5. The van der Waals surface area contributed by atoms with E-state index in [1.54, 1.807) is 0 Å². The van der Waals surface area contributed by atoms with E-state index in [1.807, 2.05) is 0 Å². The van der Waals surface area contributed by atoms with Crippen LogP contribution in [0.5, 0.6) is 0 Å². The summed E-state index contributed by atoms with van der Waals surface area (Å²) in [7, 11) is 0. The zero-order valence-electron chi connectivity index (χ0n) is 11.3. The minimum atomic E-state index is -4.26. The van der Waals surface area contributed by atoms with Gasteiger partial charge in [0.05, 0.1) is 5.56 Å². The smallest absolute Gasteiger partial charge is 0.382 e. The second-order valence-electron chi connectivity index (χ2n) is 5.97. The molecule has 110 valence electrons. The lowest BCUT2D eigenvalue weighted by Crippen LogP contribution is -2.58. The Morgan fingerprint density at radius 1 is 1.15 bits per heavy atom. The molecule has 1 aromatic rings. The Labute approximate surface area is 116 Å². The molecule has 0 bridgehead atoms. The summed E-state index contributed by atoms with van der Waals surface area (Å²) in [4.78, 5) is 0. The largest absolute Gasteiger partial charge is 0.416 e. The monoisotopic (exact) mass is 284 g/mol. The van der Waals surface area contributed by atoms with Crippen LogP contribution in [-0.2, 0) is 6.18 Å². The van der Waals surface area contributed by atoms with E-state index < -0.39 is 11.7 Å². The molecule has 2 aliphatic rings. The number of rotatable bonds is 2.